The highest BCUT2D eigenvalue weighted by Gasteiger charge is 2.06. The van der Waals surface area contributed by atoms with Crippen molar-refractivity contribution in [2.24, 2.45) is 0 Å². The number of nitrogens with zero attached hydrogens (tertiary/aromatic N) is 3. The molecule has 0 aliphatic rings. The summed E-state index contributed by atoms with van der Waals surface area (Å²) in [6.07, 6.45) is 0. The predicted octanol–water partition coefficient (Wildman–Crippen LogP) is 3.65. The van der Waals surface area contributed by atoms with Crippen LogP contribution in [0.25, 0.3) is 10.4 Å². The van der Waals surface area contributed by atoms with E-state index < -0.39 is 0 Å². The Balaban J connectivity index is 2.25. The van der Waals surface area contributed by atoms with Crippen LogP contribution in [0.5, 0.6) is 0 Å². The van der Waals surface area contributed by atoms with Crippen LogP contribution in [0, 0.1) is 34.0 Å². The molecule has 0 aliphatic carbocycles. The second-order valence-corrected chi connectivity index (χ2v) is 4.71. The van der Waals surface area contributed by atoms with Gasteiger partial charge in [-0.3, -0.25) is 0 Å². The van der Waals surface area contributed by atoms with Crippen LogP contribution in [0.1, 0.15) is 0 Å². The number of thiophene rings is 1. The van der Waals surface area contributed by atoms with Crippen LogP contribution in [-0.4, -0.2) is 0 Å². The van der Waals surface area contributed by atoms with Crippen LogP contribution >= 0.6 is 11.3 Å². The minimum Gasteiger partial charge on any atom is -0.345 e. The fourth-order valence-corrected chi connectivity index (χ4v) is 2.32. The monoisotopic (exact) mass is 276 g/mol. The lowest BCUT2D eigenvalue weighted by Gasteiger charge is -2.05. The van der Waals surface area contributed by atoms with Crippen LogP contribution < -0.4 is 5.32 Å². The number of nitriles is 3. The normalized spacial score (nSPS) is 8.85. The Labute approximate surface area is 120 Å². The fourth-order valence-electron chi connectivity index (χ4n) is 1.59. The quantitative estimate of drug-likeness (QED) is 0.867. The third-order valence-electron chi connectivity index (χ3n) is 2.55. The highest BCUT2D eigenvalue weighted by Crippen LogP contribution is 2.26. The Kier molecular flexibility index (Phi) is 4.14. The molecule has 1 N–H and O–H groups in total. The van der Waals surface area contributed by atoms with Gasteiger partial charge in [0.2, 0.25) is 0 Å². The summed E-state index contributed by atoms with van der Waals surface area (Å²) < 4.78 is 0. The molecule has 0 unspecified atom stereocenters. The molecule has 5 heteroatoms. The number of benzene rings is 1. The zero-order valence-electron chi connectivity index (χ0n) is 10.3. The van der Waals surface area contributed by atoms with Crippen molar-refractivity contribution in [2.75, 3.05) is 5.32 Å². The lowest BCUT2D eigenvalue weighted by Crippen LogP contribution is -2.00. The molecule has 0 aliphatic heterocycles. The number of anilines is 1. The molecule has 20 heavy (non-hydrogen) atoms. The summed E-state index contributed by atoms with van der Waals surface area (Å²) in [7, 11) is 0. The SMILES string of the molecule is N#CC(C#N)=C(C#N)Nc1ccc(-c2cccs2)cc1. The smallest absolute Gasteiger partial charge is 0.163 e. The molecule has 0 bridgehead atoms. The molecule has 0 radical (unpaired) electrons. The van der Waals surface area contributed by atoms with E-state index in [0.29, 0.717) is 5.69 Å². The zero-order valence-corrected chi connectivity index (χ0v) is 11.1. The van der Waals surface area contributed by atoms with Gasteiger partial charge < -0.3 is 5.32 Å². The minimum atomic E-state index is -0.227. The number of nitrogens with one attached hydrogen (secondary N) is 1. The molecule has 1 aromatic carbocycles. The van der Waals surface area contributed by atoms with Crippen molar-refractivity contribution >= 4 is 17.0 Å². The van der Waals surface area contributed by atoms with Gasteiger partial charge in [0.25, 0.3) is 0 Å². The van der Waals surface area contributed by atoms with Gasteiger partial charge in [-0.2, -0.15) is 15.8 Å². The molecule has 94 valence electrons. The lowest BCUT2D eigenvalue weighted by molar-refractivity contribution is 1.37. The summed E-state index contributed by atoms with van der Waals surface area (Å²) in [4.78, 5) is 1.15. The molecule has 0 saturated heterocycles. The van der Waals surface area contributed by atoms with Gasteiger partial charge >= 0.3 is 0 Å². The molecule has 2 rings (SSSR count). The minimum absolute atomic E-state index is 0.0427. The van der Waals surface area contributed by atoms with Crippen molar-refractivity contribution in [2.45, 2.75) is 0 Å². The summed E-state index contributed by atoms with van der Waals surface area (Å²) in [6, 6.07) is 16.7. The first-order valence-corrected chi connectivity index (χ1v) is 6.52. The highest BCUT2D eigenvalue weighted by molar-refractivity contribution is 7.13. The van der Waals surface area contributed by atoms with Crippen LogP contribution in [0.2, 0.25) is 0 Å². The highest BCUT2D eigenvalue weighted by atomic mass is 32.1. The second-order valence-electron chi connectivity index (χ2n) is 3.77. The second kappa shape index (κ2) is 6.20. The molecule has 0 fully saturated rings. The molecule has 0 spiro atoms. The molecule has 0 amide bonds. The van der Waals surface area contributed by atoms with Crippen molar-refractivity contribution in [1.29, 1.82) is 15.8 Å². The first kappa shape index (κ1) is 13.4. The summed E-state index contributed by atoms with van der Waals surface area (Å²) in [5.74, 6) is 0. The zero-order chi connectivity index (χ0) is 14.4. The molecule has 0 saturated carbocycles. The van der Waals surface area contributed by atoms with Crippen LogP contribution in [0.15, 0.2) is 53.0 Å². The van der Waals surface area contributed by atoms with E-state index in [4.69, 9.17) is 15.8 Å². The molecular weight excluding hydrogens is 268 g/mol. The Hall–Kier alpha value is -3.07. The Bertz CT molecular complexity index is 734. The largest absolute Gasteiger partial charge is 0.345 e. The Morgan fingerprint density at radius 3 is 2.15 bits per heavy atom. The van der Waals surface area contributed by atoms with E-state index in [1.807, 2.05) is 35.7 Å². The van der Waals surface area contributed by atoms with Crippen LogP contribution in [0.3, 0.4) is 0 Å². The predicted molar refractivity (Wildman–Crippen MR) is 77.2 cm³/mol. The van der Waals surface area contributed by atoms with Crippen molar-refractivity contribution in [3.8, 4) is 28.6 Å². The lowest BCUT2D eigenvalue weighted by atomic mass is 10.1. The maximum atomic E-state index is 8.95. The maximum absolute atomic E-state index is 8.95. The van der Waals surface area contributed by atoms with E-state index in [1.54, 1.807) is 35.6 Å². The fraction of sp³-hybridized carbons (Fsp3) is 0. The van der Waals surface area contributed by atoms with E-state index in [9.17, 15) is 0 Å². The molecular formula is C15H8N4S. The van der Waals surface area contributed by atoms with E-state index in [-0.39, 0.29) is 11.3 Å². The summed E-state index contributed by atoms with van der Waals surface area (Å²) in [5.41, 5.74) is 1.47. The Morgan fingerprint density at radius 2 is 1.65 bits per heavy atom. The van der Waals surface area contributed by atoms with Gasteiger partial charge in [0.1, 0.15) is 23.9 Å². The maximum Gasteiger partial charge on any atom is 0.163 e. The number of hydrogen-bond acceptors (Lipinski definition) is 5. The summed E-state index contributed by atoms with van der Waals surface area (Å²) in [6.45, 7) is 0. The van der Waals surface area contributed by atoms with Gasteiger partial charge in [-0.05, 0) is 29.1 Å². The van der Waals surface area contributed by atoms with E-state index in [0.717, 1.165) is 10.4 Å². The molecule has 4 nitrogen and oxygen atoms in total. The topological polar surface area (TPSA) is 83.4 Å². The van der Waals surface area contributed by atoms with Gasteiger partial charge in [-0.15, -0.1) is 11.3 Å². The first-order valence-electron chi connectivity index (χ1n) is 5.64. The molecule has 0 atom stereocenters. The Morgan fingerprint density at radius 1 is 0.950 bits per heavy atom. The summed E-state index contributed by atoms with van der Waals surface area (Å²) >= 11 is 1.64. The van der Waals surface area contributed by atoms with E-state index in [2.05, 4.69) is 5.32 Å². The molecule has 2 aromatic rings. The van der Waals surface area contributed by atoms with Gasteiger partial charge in [-0.1, -0.05) is 18.2 Å². The van der Waals surface area contributed by atoms with E-state index >= 15 is 0 Å². The van der Waals surface area contributed by atoms with Gasteiger partial charge in [0.15, 0.2) is 5.57 Å². The summed E-state index contributed by atoms with van der Waals surface area (Å²) in [5, 5.41) is 31.2. The average molecular weight is 276 g/mol. The average Bonchev–Trinajstić information content (AvgIpc) is 3.02. The van der Waals surface area contributed by atoms with Crippen molar-refractivity contribution in [3.63, 3.8) is 0 Å². The van der Waals surface area contributed by atoms with Gasteiger partial charge in [0.05, 0.1) is 0 Å². The molecule has 1 aromatic heterocycles. The van der Waals surface area contributed by atoms with Crippen molar-refractivity contribution in [3.05, 3.63) is 53.0 Å². The van der Waals surface area contributed by atoms with E-state index in [1.165, 1.54) is 0 Å². The van der Waals surface area contributed by atoms with Gasteiger partial charge in [-0.25, -0.2) is 0 Å². The number of rotatable bonds is 3. The first-order chi connectivity index (χ1) is 9.78. The van der Waals surface area contributed by atoms with Crippen LogP contribution in [-0.2, 0) is 0 Å². The third-order valence-corrected chi connectivity index (χ3v) is 3.46. The third kappa shape index (κ3) is 2.84. The van der Waals surface area contributed by atoms with Crippen LogP contribution in [0.4, 0.5) is 5.69 Å². The number of hydrogen-bond donors (Lipinski definition) is 1. The molecule has 1 heterocycles. The van der Waals surface area contributed by atoms with Crippen molar-refractivity contribution < 1.29 is 0 Å². The number of allylic oxidation sites excluding steroid dienone is 2. The van der Waals surface area contributed by atoms with Crippen molar-refractivity contribution in [1.82, 2.24) is 0 Å². The van der Waals surface area contributed by atoms with Gasteiger partial charge in [0, 0.05) is 10.6 Å². The standard InChI is InChI=1S/C15H8N4S/c16-8-12(9-17)14(10-18)19-13-5-3-11(4-6-13)15-2-1-7-20-15/h1-7,19H.